The second-order valence-corrected chi connectivity index (χ2v) is 4.86. The zero-order valence-corrected chi connectivity index (χ0v) is 11.3. The van der Waals surface area contributed by atoms with Gasteiger partial charge in [-0.2, -0.15) is 13.2 Å². The molecule has 3 nitrogen and oxygen atoms in total. The minimum absolute atomic E-state index is 0.237. The van der Waals surface area contributed by atoms with Crippen LogP contribution in [0.4, 0.5) is 13.2 Å². The predicted molar refractivity (Wildman–Crippen MR) is 67.1 cm³/mol. The molecule has 0 radical (unpaired) electrons. The average Bonchev–Trinajstić information content (AvgIpc) is 2.27. The molecule has 0 aliphatic heterocycles. The molecule has 19 heavy (non-hydrogen) atoms. The molecule has 1 aromatic rings. The highest BCUT2D eigenvalue weighted by molar-refractivity contribution is 5.32. The van der Waals surface area contributed by atoms with Crippen molar-refractivity contribution in [1.29, 1.82) is 0 Å². The summed E-state index contributed by atoms with van der Waals surface area (Å²) in [4.78, 5) is 4.08. The van der Waals surface area contributed by atoms with Gasteiger partial charge in [-0.1, -0.05) is 13.8 Å². The van der Waals surface area contributed by atoms with E-state index in [1.165, 1.54) is 6.07 Å². The normalized spacial score (nSPS) is 11.9. The Morgan fingerprint density at radius 1 is 1.37 bits per heavy atom. The SMILES string of the molecule is Cc1cc(OCC(F)(F)F)c(CNCC(C)C)cn1. The predicted octanol–water partition coefficient (Wildman–Crippen LogP) is 3.08. The fourth-order valence-corrected chi connectivity index (χ4v) is 1.49. The van der Waals surface area contributed by atoms with Crippen LogP contribution in [0.2, 0.25) is 0 Å². The van der Waals surface area contributed by atoms with Crippen LogP contribution < -0.4 is 10.1 Å². The Kier molecular flexibility index (Phi) is 5.60. The summed E-state index contributed by atoms with van der Waals surface area (Å²) in [6.07, 6.45) is -2.78. The van der Waals surface area contributed by atoms with Crippen molar-refractivity contribution in [3.63, 3.8) is 0 Å². The maximum Gasteiger partial charge on any atom is 0.422 e. The van der Waals surface area contributed by atoms with Gasteiger partial charge in [0, 0.05) is 30.1 Å². The number of rotatable bonds is 6. The number of hydrogen-bond donors (Lipinski definition) is 1. The van der Waals surface area contributed by atoms with Gasteiger partial charge in [-0.25, -0.2) is 0 Å². The molecule has 6 heteroatoms. The van der Waals surface area contributed by atoms with Crippen LogP contribution in [0.5, 0.6) is 5.75 Å². The maximum absolute atomic E-state index is 12.2. The molecule has 0 saturated heterocycles. The van der Waals surface area contributed by atoms with Crippen LogP contribution in [0.1, 0.15) is 25.1 Å². The molecule has 1 N–H and O–H groups in total. The number of nitrogens with one attached hydrogen (secondary N) is 1. The van der Waals surface area contributed by atoms with Crippen LogP contribution >= 0.6 is 0 Å². The quantitative estimate of drug-likeness (QED) is 0.867. The van der Waals surface area contributed by atoms with Crippen molar-refractivity contribution < 1.29 is 17.9 Å². The first kappa shape index (κ1) is 15.8. The van der Waals surface area contributed by atoms with Crippen LogP contribution in [0, 0.1) is 12.8 Å². The molecule has 0 amide bonds. The summed E-state index contributed by atoms with van der Waals surface area (Å²) < 4.78 is 41.4. The van der Waals surface area contributed by atoms with Gasteiger partial charge in [0.2, 0.25) is 0 Å². The lowest BCUT2D eigenvalue weighted by Gasteiger charge is -2.14. The van der Waals surface area contributed by atoms with Crippen LogP contribution in [0.3, 0.4) is 0 Å². The first-order valence-corrected chi connectivity index (χ1v) is 6.13. The van der Waals surface area contributed by atoms with E-state index in [-0.39, 0.29) is 5.75 Å². The summed E-state index contributed by atoms with van der Waals surface area (Å²) in [5.74, 6) is 0.707. The Hall–Kier alpha value is -1.30. The smallest absolute Gasteiger partial charge is 0.422 e. The third kappa shape index (κ3) is 6.42. The van der Waals surface area contributed by atoms with Crippen molar-refractivity contribution in [2.45, 2.75) is 33.5 Å². The highest BCUT2D eigenvalue weighted by Crippen LogP contribution is 2.22. The van der Waals surface area contributed by atoms with Crippen LogP contribution in [-0.2, 0) is 6.54 Å². The molecule has 1 aromatic heterocycles. The highest BCUT2D eigenvalue weighted by Gasteiger charge is 2.28. The fourth-order valence-electron chi connectivity index (χ4n) is 1.49. The number of nitrogens with zero attached hydrogens (tertiary/aromatic N) is 1. The van der Waals surface area contributed by atoms with Gasteiger partial charge in [-0.3, -0.25) is 4.98 Å². The summed E-state index contributed by atoms with van der Waals surface area (Å²) in [5, 5.41) is 3.16. The highest BCUT2D eigenvalue weighted by atomic mass is 19.4. The van der Waals surface area contributed by atoms with Crippen molar-refractivity contribution >= 4 is 0 Å². The second-order valence-electron chi connectivity index (χ2n) is 4.86. The summed E-state index contributed by atoms with van der Waals surface area (Å²) in [5.41, 5.74) is 1.26. The Morgan fingerprint density at radius 2 is 2.05 bits per heavy atom. The molecule has 0 spiro atoms. The number of aromatic nitrogens is 1. The maximum atomic E-state index is 12.2. The average molecular weight is 276 g/mol. The first-order chi connectivity index (χ1) is 8.78. The van der Waals surface area contributed by atoms with Crippen LogP contribution in [-0.4, -0.2) is 24.3 Å². The van der Waals surface area contributed by atoms with Gasteiger partial charge in [0.15, 0.2) is 6.61 Å². The van der Waals surface area contributed by atoms with Gasteiger partial charge < -0.3 is 10.1 Å². The molecule has 108 valence electrons. The van der Waals surface area contributed by atoms with Crippen LogP contribution in [0.25, 0.3) is 0 Å². The molecule has 0 aliphatic rings. The van der Waals surface area contributed by atoms with E-state index in [0.717, 1.165) is 6.54 Å². The number of ether oxygens (including phenoxy) is 1. The Balaban J connectivity index is 2.68. The molecule has 0 aliphatic carbocycles. The molecule has 0 aromatic carbocycles. The number of pyridine rings is 1. The molecule has 0 saturated carbocycles. The van der Waals surface area contributed by atoms with Gasteiger partial charge in [-0.15, -0.1) is 0 Å². The summed E-state index contributed by atoms with van der Waals surface area (Å²) in [7, 11) is 0. The van der Waals surface area contributed by atoms with Crippen LogP contribution in [0.15, 0.2) is 12.3 Å². The molecule has 1 heterocycles. The van der Waals surface area contributed by atoms with Gasteiger partial charge in [0.05, 0.1) is 0 Å². The lowest BCUT2D eigenvalue weighted by Crippen LogP contribution is -2.22. The third-order valence-electron chi connectivity index (χ3n) is 2.34. The van der Waals surface area contributed by atoms with Gasteiger partial charge in [0.1, 0.15) is 5.75 Å². The zero-order valence-electron chi connectivity index (χ0n) is 11.3. The minimum atomic E-state index is -4.33. The van der Waals surface area contributed by atoms with Crippen molar-refractivity contribution in [3.8, 4) is 5.75 Å². The monoisotopic (exact) mass is 276 g/mol. The van der Waals surface area contributed by atoms with E-state index in [4.69, 9.17) is 4.74 Å². The van der Waals surface area contributed by atoms with Crippen molar-refractivity contribution in [3.05, 3.63) is 23.5 Å². The Morgan fingerprint density at radius 3 is 2.63 bits per heavy atom. The van der Waals surface area contributed by atoms with E-state index in [9.17, 15) is 13.2 Å². The number of alkyl halides is 3. The van der Waals surface area contributed by atoms with Gasteiger partial charge in [-0.05, 0) is 19.4 Å². The molecule has 0 bridgehead atoms. The summed E-state index contributed by atoms with van der Waals surface area (Å²) in [6, 6.07) is 1.53. The third-order valence-corrected chi connectivity index (χ3v) is 2.34. The Bertz CT molecular complexity index is 405. The van der Waals surface area contributed by atoms with E-state index in [1.807, 2.05) is 0 Å². The topological polar surface area (TPSA) is 34.1 Å². The number of hydrogen-bond acceptors (Lipinski definition) is 3. The molecule has 0 fully saturated rings. The largest absolute Gasteiger partial charge is 0.484 e. The van der Waals surface area contributed by atoms with E-state index in [2.05, 4.69) is 24.1 Å². The van der Waals surface area contributed by atoms with E-state index in [1.54, 1.807) is 13.1 Å². The van der Waals surface area contributed by atoms with Crippen molar-refractivity contribution in [1.82, 2.24) is 10.3 Å². The second kappa shape index (κ2) is 6.75. The van der Waals surface area contributed by atoms with Crippen molar-refractivity contribution in [2.24, 2.45) is 5.92 Å². The number of aryl methyl sites for hydroxylation is 1. The first-order valence-electron chi connectivity index (χ1n) is 6.13. The molecular formula is C13H19F3N2O. The minimum Gasteiger partial charge on any atom is -0.484 e. The van der Waals surface area contributed by atoms with Crippen molar-refractivity contribution in [2.75, 3.05) is 13.2 Å². The van der Waals surface area contributed by atoms with E-state index >= 15 is 0 Å². The molecule has 0 unspecified atom stereocenters. The van der Waals surface area contributed by atoms with E-state index in [0.29, 0.717) is 23.7 Å². The molecule has 0 atom stereocenters. The summed E-state index contributed by atoms with van der Waals surface area (Å²) >= 11 is 0. The lowest BCUT2D eigenvalue weighted by atomic mass is 10.2. The molecule has 1 rings (SSSR count). The van der Waals surface area contributed by atoms with E-state index < -0.39 is 12.8 Å². The lowest BCUT2D eigenvalue weighted by molar-refractivity contribution is -0.153. The fraction of sp³-hybridized carbons (Fsp3) is 0.615. The van der Waals surface area contributed by atoms with Gasteiger partial charge in [0.25, 0.3) is 0 Å². The molecular weight excluding hydrogens is 257 g/mol. The van der Waals surface area contributed by atoms with Gasteiger partial charge >= 0.3 is 6.18 Å². The standard InChI is InChI=1S/C13H19F3N2O/c1-9(2)5-17-6-11-7-18-10(3)4-12(11)19-8-13(14,15)16/h4,7,9,17H,5-6,8H2,1-3H3. The summed E-state index contributed by atoms with van der Waals surface area (Å²) in [6.45, 7) is 5.77. The Labute approximate surface area is 111 Å². The number of halogens is 3. The zero-order chi connectivity index (χ0) is 14.5.